The van der Waals surface area contributed by atoms with Crippen LogP contribution in [0.2, 0.25) is 0 Å². The van der Waals surface area contributed by atoms with Gasteiger partial charge in [-0.25, -0.2) is 4.39 Å². The molecule has 7 heteroatoms. The van der Waals surface area contributed by atoms with Crippen molar-refractivity contribution in [2.45, 2.75) is 24.7 Å². The maximum atomic E-state index is 13.3. The minimum atomic E-state index is -0.208. The first-order valence-corrected chi connectivity index (χ1v) is 10.4. The minimum absolute atomic E-state index is 0.0700. The predicted octanol–water partition coefficient (Wildman–Crippen LogP) is 3.01. The summed E-state index contributed by atoms with van der Waals surface area (Å²) in [6, 6.07) is 12.9. The molecule has 0 saturated carbocycles. The first-order chi connectivity index (χ1) is 14.7. The number of fused-ring (bicyclic) bond motifs is 1. The van der Waals surface area contributed by atoms with E-state index in [0.29, 0.717) is 6.54 Å². The number of rotatable bonds is 6. The average Bonchev–Trinajstić information content (AvgIpc) is 3.25. The molecule has 2 N–H and O–H groups in total. The van der Waals surface area contributed by atoms with Crippen molar-refractivity contribution in [2.24, 2.45) is 4.99 Å². The Morgan fingerprint density at radius 1 is 1.07 bits per heavy atom. The Balaban J connectivity index is 1.39. The summed E-state index contributed by atoms with van der Waals surface area (Å²) in [5.41, 5.74) is 2.11. The van der Waals surface area contributed by atoms with Crippen molar-refractivity contribution in [3.05, 3.63) is 59.4 Å². The van der Waals surface area contributed by atoms with Crippen molar-refractivity contribution < 1.29 is 18.6 Å². The van der Waals surface area contributed by atoms with Crippen LogP contribution in [0, 0.1) is 5.82 Å². The minimum Gasteiger partial charge on any atom is -0.454 e. The van der Waals surface area contributed by atoms with Crippen molar-refractivity contribution in [1.82, 2.24) is 10.6 Å². The van der Waals surface area contributed by atoms with E-state index in [-0.39, 0.29) is 18.0 Å². The molecule has 1 fully saturated rings. The lowest BCUT2D eigenvalue weighted by Gasteiger charge is -2.38. The first-order valence-electron chi connectivity index (χ1n) is 10.4. The van der Waals surface area contributed by atoms with Gasteiger partial charge in [-0.1, -0.05) is 18.2 Å². The largest absolute Gasteiger partial charge is 0.454 e. The van der Waals surface area contributed by atoms with Crippen LogP contribution in [0.3, 0.4) is 0 Å². The molecular weight excluding hydrogens is 385 g/mol. The van der Waals surface area contributed by atoms with Crippen LogP contribution in [0.25, 0.3) is 0 Å². The van der Waals surface area contributed by atoms with E-state index >= 15 is 0 Å². The van der Waals surface area contributed by atoms with Gasteiger partial charge in [-0.3, -0.25) is 4.99 Å². The Kier molecular flexibility index (Phi) is 6.38. The SMILES string of the molecule is CN=C(NCCc1cccc(F)c1)NCC1(c2ccc3c(c2)OCO3)CCOCC1. The lowest BCUT2D eigenvalue weighted by Crippen LogP contribution is -2.48. The van der Waals surface area contributed by atoms with Gasteiger partial charge >= 0.3 is 0 Å². The molecule has 0 unspecified atom stereocenters. The smallest absolute Gasteiger partial charge is 0.231 e. The molecule has 2 aromatic rings. The molecule has 0 spiro atoms. The molecule has 2 aromatic carbocycles. The molecule has 2 aliphatic rings. The summed E-state index contributed by atoms with van der Waals surface area (Å²) in [5, 5.41) is 6.81. The molecule has 160 valence electrons. The Hall–Kier alpha value is -2.80. The van der Waals surface area contributed by atoms with Crippen LogP contribution in [-0.4, -0.2) is 46.1 Å². The van der Waals surface area contributed by atoms with Gasteiger partial charge in [0.1, 0.15) is 5.82 Å². The average molecular weight is 413 g/mol. The third-order valence-corrected chi connectivity index (χ3v) is 5.85. The molecule has 0 radical (unpaired) electrons. The topological polar surface area (TPSA) is 64.1 Å². The number of hydrogen-bond donors (Lipinski definition) is 2. The zero-order valence-electron chi connectivity index (χ0n) is 17.2. The van der Waals surface area contributed by atoms with Gasteiger partial charge in [0.2, 0.25) is 6.79 Å². The van der Waals surface area contributed by atoms with E-state index in [9.17, 15) is 4.39 Å². The zero-order valence-corrected chi connectivity index (χ0v) is 17.2. The van der Waals surface area contributed by atoms with Gasteiger partial charge in [-0.05, 0) is 54.7 Å². The Morgan fingerprint density at radius 3 is 2.70 bits per heavy atom. The van der Waals surface area contributed by atoms with E-state index in [4.69, 9.17) is 14.2 Å². The maximum absolute atomic E-state index is 13.3. The van der Waals surface area contributed by atoms with Crippen LogP contribution in [0.4, 0.5) is 4.39 Å². The summed E-state index contributed by atoms with van der Waals surface area (Å²) >= 11 is 0. The van der Waals surface area contributed by atoms with Crippen LogP contribution in [0.15, 0.2) is 47.5 Å². The van der Waals surface area contributed by atoms with Gasteiger partial charge in [0.15, 0.2) is 17.5 Å². The second-order valence-corrected chi connectivity index (χ2v) is 7.69. The van der Waals surface area contributed by atoms with E-state index in [1.54, 1.807) is 19.2 Å². The highest BCUT2D eigenvalue weighted by atomic mass is 19.1. The molecule has 30 heavy (non-hydrogen) atoms. The van der Waals surface area contributed by atoms with E-state index in [1.165, 1.54) is 11.6 Å². The summed E-state index contributed by atoms with van der Waals surface area (Å²) in [6.07, 6.45) is 2.56. The first kappa shape index (κ1) is 20.5. The molecule has 0 atom stereocenters. The van der Waals surface area contributed by atoms with Crippen molar-refractivity contribution in [3.63, 3.8) is 0 Å². The number of aliphatic imine (C=N–C) groups is 1. The maximum Gasteiger partial charge on any atom is 0.231 e. The summed E-state index contributed by atoms with van der Waals surface area (Å²) in [5.74, 6) is 2.12. The Morgan fingerprint density at radius 2 is 1.90 bits per heavy atom. The number of hydrogen-bond acceptors (Lipinski definition) is 4. The molecule has 6 nitrogen and oxygen atoms in total. The van der Waals surface area contributed by atoms with Crippen molar-refractivity contribution in [2.75, 3.05) is 40.1 Å². The molecule has 0 bridgehead atoms. The van der Waals surface area contributed by atoms with Crippen molar-refractivity contribution in [3.8, 4) is 11.5 Å². The van der Waals surface area contributed by atoms with Crippen molar-refractivity contribution >= 4 is 5.96 Å². The quantitative estimate of drug-likeness (QED) is 0.563. The van der Waals surface area contributed by atoms with Gasteiger partial charge in [-0.2, -0.15) is 0 Å². The second-order valence-electron chi connectivity index (χ2n) is 7.69. The molecule has 1 saturated heterocycles. The summed E-state index contributed by atoms with van der Waals surface area (Å²) < 4.78 is 30.0. The fourth-order valence-corrected chi connectivity index (χ4v) is 4.05. The fraction of sp³-hybridized carbons (Fsp3) is 0.435. The van der Waals surface area contributed by atoms with Gasteiger partial charge in [0.25, 0.3) is 0 Å². The van der Waals surface area contributed by atoms with E-state index in [1.807, 2.05) is 12.1 Å². The zero-order chi connectivity index (χ0) is 20.8. The summed E-state index contributed by atoms with van der Waals surface area (Å²) in [6.45, 7) is 3.12. The number of benzene rings is 2. The molecule has 2 heterocycles. The monoisotopic (exact) mass is 413 g/mol. The van der Waals surface area contributed by atoms with Crippen LogP contribution in [0.5, 0.6) is 11.5 Å². The van der Waals surface area contributed by atoms with Crippen LogP contribution < -0.4 is 20.1 Å². The molecule has 2 aliphatic heterocycles. The number of halogens is 1. The van der Waals surface area contributed by atoms with Crippen LogP contribution >= 0.6 is 0 Å². The van der Waals surface area contributed by atoms with Gasteiger partial charge in [-0.15, -0.1) is 0 Å². The highest BCUT2D eigenvalue weighted by Crippen LogP contribution is 2.40. The third kappa shape index (κ3) is 4.67. The standard InChI is InChI=1S/C23H28FN3O3/c1-25-22(26-10-7-17-3-2-4-19(24)13-17)27-15-23(8-11-28-12-9-23)18-5-6-20-21(14-18)30-16-29-20/h2-6,13-14H,7-12,15-16H2,1H3,(H2,25,26,27). The van der Waals surface area contributed by atoms with Gasteiger partial charge < -0.3 is 24.8 Å². The number of nitrogens with one attached hydrogen (secondary N) is 2. The normalized spacial score (nSPS) is 17.6. The van der Waals surface area contributed by atoms with E-state index in [2.05, 4.69) is 27.8 Å². The molecule has 0 amide bonds. The number of ether oxygens (including phenoxy) is 3. The molecule has 4 rings (SSSR count). The van der Waals surface area contributed by atoms with Crippen molar-refractivity contribution in [1.29, 1.82) is 0 Å². The second kappa shape index (κ2) is 9.34. The van der Waals surface area contributed by atoms with E-state index in [0.717, 1.165) is 62.0 Å². The Labute approximate surface area is 176 Å². The highest BCUT2D eigenvalue weighted by Gasteiger charge is 2.35. The fourth-order valence-electron chi connectivity index (χ4n) is 4.05. The third-order valence-electron chi connectivity index (χ3n) is 5.85. The highest BCUT2D eigenvalue weighted by molar-refractivity contribution is 5.79. The number of nitrogens with zero attached hydrogens (tertiary/aromatic N) is 1. The molecule has 0 aliphatic carbocycles. The molecular formula is C23H28FN3O3. The van der Waals surface area contributed by atoms with Gasteiger partial charge in [0, 0.05) is 38.8 Å². The van der Waals surface area contributed by atoms with Crippen LogP contribution in [-0.2, 0) is 16.6 Å². The number of guanidine groups is 1. The summed E-state index contributed by atoms with van der Waals surface area (Å²) in [7, 11) is 1.76. The summed E-state index contributed by atoms with van der Waals surface area (Å²) in [4.78, 5) is 4.35. The Bertz CT molecular complexity index is 897. The lowest BCUT2D eigenvalue weighted by molar-refractivity contribution is 0.0513. The molecule has 0 aromatic heterocycles. The van der Waals surface area contributed by atoms with Gasteiger partial charge in [0.05, 0.1) is 0 Å². The lowest BCUT2D eigenvalue weighted by atomic mass is 9.74. The van der Waals surface area contributed by atoms with Crippen LogP contribution in [0.1, 0.15) is 24.0 Å². The van der Waals surface area contributed by atoms with E-state index < -0.39 is 0 Å². The predicted molar refractivity (Wildman–Crippen MR) is 114 cm³/mol.